The predicted molar refractivity (Wildman–Crippen MR) is 115 cm³/mol. The molecular formula is C24H37NO5. The van der Waals surface area contributed by atoms with Gasteiger partial charge in [-0.3, -0.25) is 0 Å². The van der Waals surface area contributed by atoms with Crippen molar-refractivity contribution in [1.29, 1.82) is 0 Å². The number of hydrogen-bond acceptors (Lipinski definition) is 6. The molecule has 0 saturated carbocycles. The summed E-state index contributed by atoms with van der Waals surface area (Å²) in [7, 11) is 3.64. The van der Waals surface area contributed by atoms with Crippen LogP contribution in [0.25, 0.3) is 0 Å². The molecule has 2 saturated heterocycles. The Bertz CT molecular complexity index is 799. The van der Waals surface area contributed by atoms with Gasteiger partial charge < -0.3 is 29.3 Å². The molecule has 6 nitrogen and oxygen atoms in total. The third kappa shape index (κ3) is 3.07. The van der Waals surface area contributed by atoms with E-state index in [2.05, 4.69) is 32.7 Å². The number of methoxy groups -OCH3 is 1. The average molecular weight is 420 g/mol. The zero-order valence-electron chi connectivity index (χ0n) is 19.2. The monoisotopic (exact) mass is 419 g/mol. The van der Waals surface area contributed by atoms with Gasteiger partial charge in [0.25, 0.3) is 0 Å². The maximum absolute atomic E-state index is 12.1. The number of piperidine rings is 1. The smallest absolute Gasteiger partial charge is 0.169 e. The van der Waals surface area contributed by atoms with E-state index in [9.17, 15) is 10.2 Å². The lowest BCUT2D eigenvalue weighted by Gasteiger charge is -2.62. The number of likely N-dealkylation sites (N-methyl/N-ethyl adjacent to an activating group) is 1. The van der Waals surface area contributed by atoms with E-state index in [1.54, 1.807) is 7.11 Å². The topological polar surface area (TPSA) is 71.4 Å². The molecule has 30 heavy (non-hydrogen) atoms. The number of phenols is 1. The number of hydrogen-bond donors (Lipinski definition) is 2. The van der Waals surface area contributed by atoms with E-state index in [0.29, 0.717) is 31.4 Å². The molecule has 1 aliphatic carbocycles. The lowest BCUT2D eigenvalue weighted by atomic mass is 9.52. The van der Waals surface area contributed by atoms with Gasteiger partial charge in [0.2, 0.25) is 0 Å². The Morgan fingerprint density at radius 1 is 1.23 bits per heavy atom. The lowest BCUT2D eigenvalue weighted by molar-refractivity contribution is -0.329. The fourth-order valence-corrected chi connectivity index (χ4v) is 6.46. The van der Waals surface area contributed by atoms with Gasteiger partial charge in [-0.25, -0.2) is 0 Å². The van der Waals surface area contributed by atoms with Crippen LogP contribution in [0.15, 0.2) is 12.1 Å². The second kappa shape index (κ2) is 7.37. The van der Waals surface area contributed by atoms with Gasteiger partial charge in [-0.15, -0.1) is 0 Å². The number of nitrogens with zero attached hydrogens (tertiary/aromatic N) is 1. The van der Waals surface area contributed by atoms with E-state index in [4.69, 9.17) is 14.2 Å². The number of aliphatic hydroxyl groups is 1. The SMILES string of the molecule is CCC1(C[C@]23CCN(C)[C@H](Cc4ccc(OC)c(O)c42)C3(C)O)OC(C)CC(C)O1. The van der Waals surface area contributed by atoms with Crippen molar-refractivity contribution in [3.8, 4) is 11.5 Å². The first-order valence-electron chi connectivity index (χ1n) is 11.3. The molecule has 2 aliphatic heterocycles. The van der Waals surface area contributed by atoms with Crippen LogP contribution in [0.2, 0.25) is 0 Å². The van der Waals surface area contributed by atoms with Gasteiger partial charge in [0, 0.05) is 23.4 Å². The molecule has 0 spiro atoms. The summed E-state index contributed by atoms with van der Waals surface area (Å²) in [5.74, 6) is -0.216. The Labute approximate surface area is 180 Å². The molecule has 2 heterocycles. The molecule has 1 aromatic carbocycles. The van der Waals surface area contributed by atoms with Crippen molar-refractivity contribution in [1.82, 2.24) is 4.90 Å². The molecular weight excluding hydrogens is 382 g/mol. The van der Waals surface area contributed by atoms with Crippen molar-refractivity contribution in [3.05, 3.63) is 23.3 Å². The van der Waals surface area contributed by atoms with Gasteiger partial charge >= 0.3 is 0 Å². The van der Waals surface area contributed by atoms with E-state index in [0.717, 1.165) is 24.1 Å². The van der Waals surface area contributed by atoms with E-state index < -0.39 is 16.8 Å². The van der Waals surface area contributed by atoms with Gasteiger partial charge in [-0.05, 0) is 71.7 Å². The summed E-state index contributed by atoms with van der Waals surface area (Å²) < 4.78 is 18.4. The average Bonchev–Trinajstić information content (AvgIpc) is 2.66. The lowest BCUT2D eigenvalue weighted by Crippen LogP contribution is -2.71. The van der Waals surface area contributed by atoms with Crippen LogP contribution >= 0.6 is 0 Å². The fourth-order valence-electron chi connectivity index (χ4n) is 6.46. The highest BCUT2D eigenvalue weighted by Gasteiger charge is 2.64. The number of fused-ring (bicyclic) bond motifs is 4. The molecule has 0 radical (unpaired) electrons. The van der Waals surface area contributed by atoms with Gasteiger partial charge in [0.1, 0.15) is 0 Å². The zero-order chi connectivity index (χ0) is 21.9. The molecule has 4 rings (SSSR count). The number of benzene rings is 1. The first-order chi connectivity index (χ1) is 14.1. The second-order valence-corrected chi connectivity index (χ2v) is 9.86. The number of aromatic hydroxyl groups is 1. The third-order valence-corrected chi connectivity index (χ3v) is 7.99. The van der Waals surface area contributed by atoms with Crippen molar-refractivity contribution in [2.45, 2.75) is 94.9 Å². The van der Waals surface area contributed by atoms with Crippen LogP contribution in [-0.4, -0.2) is 65.5 Å². The minimum atomic E-state index is -1.06. The largest absolute Gasteiger partial charge is 0.504 e. The second-order valence-electron chi connectivity index (χ2n) is 9.86. The highest BCUT2D eigenvalue weighted by Crippen LogP contribution is 2.59. The van der Waals surface area contributed by atoms with Gasteiger partial charge in [0.15, 0.2) is 17.3 Å². The molecule has 5 atom stereocenters. The molecule has 1 aromatic rings. The van der Waals surface area contributed by atoms with E-state index in [-0.39, 0.29) is 24.0 Å². The summed E-state index contributed by atoms with van der Waals surface area (Å²) >= 11 is 0. The minimum Gasteiger partial charge on any atom is -0.504 e. The van der Waals surface area contributed by atoms with Gasteiger partial charge in [0.05, 0.1) is 24.9 Å². The number of phenolic OH excluding ortho intramolecular Hbond substituents is 1. The quantitative estimate of drug-likeness (QED) is 0.780. The summed E-state index contributed by atoms with van der Waals surface area (Å²) in [5.41, 5.74) is 0.111. The van der Waals surface area contributed by atoms with Crippen LogP contribution in [0.3, 0.4) is 0 Å². The highest BCUT2D eigenvalue weighted by molar-refractivity contribution is 5.57. The Balaban J connectivity index is 1.91. The Morgan fingerprint density at radius 3 is 2.50 bits per heavy atom. The summed E-state index contributed by atoms with van der Waals surface area (Å²) in [5, 5.41) is 23.3. The maximum Gasteiger partial charge on any atom is 0.169 e. The van der Waals surface area contributed by atoms with Crippen LogP contribution < -0.4 is 4.74 Å². The molecule has 0 amide bonds. The molecule has 3 unspecified atom stereocenters. The number of likely N-dealkylation sites (tertiary alicyclic amines) is 1. The van der Waals surface area contributed by atoms with Crippen molar-refractivity contribution in [3.63, 3.8) is 0 Å². The minimum absolute atomic E-state index is 0.0427. The molecule has 2 N–H and O–H groups in total. The van der Waals surface area contributed by atoms with Crippen LogP contribution in [0.5, 0.6) is 11.5 Å². The standard InChI is InChI=1S/C24H37NO5/c1-7-24(29-15(2)12-16(3)30-24)14-23-10-11-25(5)19(22(23,4)27)13-17-8-9-18(28-6)21(26)20(17)23/h8-9,15-16,19,26-27H,7,10-14H2,1-6H3/t15?,16?,19-,22?,23-,24?/m1/s1. The van der Waals surface area contributed by atoms with Crippen molar-refractivity contribution in [2.24, 2.45) is 0 Å². The normalized spacial score (nSPS) is 41.4. The molecule has 6 heteroatoms. The highest BCUT2D eigenvalue weighted by atomic mass is 16.7. The molecule has 0 aromatic heterocycles. The number of ether oxygens (including phenoxy) is 3. The first-order valence-corrected chi connectivity index (χ1v) is 11.3. The van der Waals surface area contributed by atoms with Crippen LogP contribution in [0.4, 0.5) is 0 Å². The van der Waals surface area contributed by atoms with E-state index in [1.807, 2.05) is 19.1 Å². The summed E-state index contributed by atoms with van der Waals surface area (Å²) in [6.07, 6.45) is 3.59. The fraction of sp³-hybridized carbons (Fsp3) is 0.750. The maximum atomic E-state index is 12.1. The Hall–Kier alpha value is -1.34. The molecule has 2 fully saturated rings. The van der Waals surface area contributed by atoms with Crippen molar-refractivity contribution >= 4 is 0 Å². The summed E-state index contributed by atoms with van der Waals surface area (Å²) in [6, 6.07) is 3.82. The van der Waals surface area contributed by atoms with Crippen LogP contribution in [-0.2, 0) is 21.3 Å². The molecule has 2 bridgehead atoms. The molecule has 168 valence electrons. The summed E-state index contributed by atoms with van der Waals surface area (Å²) in [4.78, 5) is 2.24. The Morgan fingerprint density at radius 2 is 1.90 bits per heavy atom. The van der Waals surface area contributed by atoms with E-state index >= 15 is 0 Å². The Kier molecular flexibility index (Phi) is 5.37. The summed E-state index contributed by atoms with van der Waals surface area (Å²) in [6.45, 7) is 9.02. The van der Waals surface area contributed by atoms with Crippen molar-refractivity contribution < 1.29 is 24.4 Å². The zero-order valence-corrected chi connectivity index (χ0v) is 19.2. The van der Waals surface area contributed by atoms with Gasteiger partial charge in [-0.2, -0.15) is 0 Å². The van der Waals surface area contributed by atoms with E-state index in [1.165, 1.54) is 0 Å². The van der Waals surface area contributed by atoms with Crippen molar-refractivity contribution in [2.75, 3.05) is 20.7 Å². The molecule has 3 aliphatic rings. The number of rotatable bonds is 4. The first kappa shape index (κ1) is 21.9. The van der Waals surface area contributed by atoms with Crippen LogP contribution in [0, 0.1) is 0 Å². The predicted octanol–water partition coefficient (Wildman–Crippen LogP) is 3.36. The third-order valence-electron chi connectivity index (χ3n) is 7.99. The van der Waals surface area contributed by atoms with Crippen LogP contribution in [0.1, 0.15) is 64.5 Å². The van der Waals surface area contributed by atoms with Gasteiger partial charge in [-0.1, -0.05) is 13.0 Å².